The van der Waals surface area contributed by atoms with Crippen molar-refractivity contribution in [1.82, 2.24) is 24.1 Å². The highest BCUT2D eigenvalue weighted by Gasteiger charge is 2.46. The monoisotopic (exact) mass is 969 g/mol. The topological polar surface area (TPSA) is 61.7 Å². The summed E-state index contributed by atoms with van der Waals surface area (Å²) >= 11 is 0. The number of hydrogen-bond acceptors (Lipinski definition) is 4. The fourth-order valence-electron chi connectivity index (χ4n) is 12.6. The second kappa shape index (κ2) is 16.4. The summed E-state index contributed by atoms with van der Waals surface area (Å²) in [6, 6.07) is 93.3. The van der Waals surface area contributed by atoms with E-state index in [0.29, 0.717) is 17.5 Å². The number of fused-ring (bicyclic) bond motifs is 12. The molecule has 4 aromatic heterocycles. The Kier molecular flexibility index (Phi) is 9.15. The van der Waals surface area contributed by atoms with Crippen molar-refractivity contribution in [3.8, 4) is 56.7 Å². The molecule has 1 aliphatic rings. The van der Waals surface area contributed by atoms with E-state index in [1.807, 2.05) is 30.3 Å². The molecule has 0 atom stereocenters. The molecular formula is C70H43N5O. The van der Waals surface area contributed by atoms with Gasteiger partial charge in [0, 0.05) is 60.8 Å². The Balaban J connectivity index is 0.958. The van der Waals surface area contributed by atoms with Crippen LogP contribution in [0.1, 0.15) is 22.3 Å². The van der Waals surface area contributed by atoms with Crippen molar-refractivity contribution in [2.24, 2.45) is 0 Å². The summed E-state index contributed by atoms with van der Waals surface area (Å²) in [5.74, 6) is 1.72. The van der Waals surface area contributed by atoms with Crippen molar-refractivity contribution in [1.29, 1.82) is 0 Å². The van der Waals surface area contributed by atoms with Gasteiger partial charge in [-0.3, -0.25) is 0 Å². The standard InChI is InChI=1S/C70H43N5O/c1-5-21-44(22-6-1)67-71-68(45-37-38-59-54(39-45)50-29-13-17-33-58(50)70(59,46-23-7-2-8-24-46)47-25-9-3-10-26-47)73-69(72-67)57-40-49(41-65-66(57)53-32-16-20-36-64(53)76-65)75-61-35-19-15-31-52(61)56-42-55-51-30-14-18-34-60(51)74(62(55)43-63(56)75)48-27-11-4-12-28-48/h1-43H. The molecule has 0 radical (unpaired) electrons. The predicted molar refractivity (Wildman–Crippen MR) is 309 cm³/mol. The minimum atomic E-state index is -0.530. The van der Waals surface area contributed by atoms with Gasteiger partial charge in [-0.25, -0.2) is 15.0 Å². The van der Waals surface area contributed by atoms with Crippen molar-refractivity contribution < 1.29 is 4.42 Å². The van der Waals surface area contributed by atoms with E-state index in [0.717, 1.165) is 83.0 Å². The van der Waals surface area contributed by atoms with E-state index < -0.39 is 5.41 Å². The highest BCUT2D eigenvalue weighted by atomic mass is 16.3. The maximum absolute atomic E-state index is 6.88. The summed E-state index contributed by atoms with van der Waals surface area (Å²) < 4.78 is 11.7. The summed E-state index contributed by atoms with van der Waals surface area (Å²) in [4.78, 5) is 16.3. The molecule has 15 aromatic rings. The van der Waals surface area contributed by atoms with Gasteiger partial charge in [-0.2, -0.15) is 0 Å². The van der Waals surface area contributed by atoms with Gasteiger partial charge in [0.2, 0.25) is 0 Å². The number of benzene rings is 11. The van der Waals surface area contributed by atoms with Crippen molar-refractivity contribution in [3.05, 3.63) is 283 Å². The first-order chi connectivity index (χ1) is 37.7. The molecule has 4 heterocycles. The fraction of sp³-hybridized carbons (Fsp3) is 0.0143. The average Bonchev–Trinajstić information content (AvgIpc) is 4.32. The Labute approximate surface area is 437 Å². The smallest absolute Gasteiger partial charge is 0.164 e. The Hall–Kier alpha value is -10.2. The summed E-state index contributed by atoms with van der Waals surface area (Å²) in [5.41, 5.74) is 17.4. The van der Waals surface area contributed by atoms with E-state index in [9.17, 15) is 0 Å². The second-order valence-corrected chi connectivity index (χ2v) is 19.9. The molecule has 6 heteroatoms. The minimum absolute atomic E-state index is 0.530. The van der Waals surface area contributed by atoms with Crippen LogP contribution in [-0.4, -0.2) is 24.1 Å². The second-order valence-electron chi connectivity index (χ2n) is 19.9. The zero-order valence-corrected chi connectivity index (χ0v) is 41.0. The normalized spacial score (nSPS) is 12.8. The van der Waals surface area contributed by atoms with Crippen molar-refractivity contribution >= 4 is 65.6 Å². The Morgan fingerprint density at radius 2 is 0.829 bits per heavy atom. The third kappa shape index (κ3) is 6.12. The SMILES string of the molecule is c1ccc(-c2nc(-c3ccc4c(c3)-c3ccccc3C4(c3ccccc3)c3ccccc3)nc(-c3cc(-n4c5ccccc5c5cc6c7ccccc7n(-c7ccccc7)c6cc54)cc4oc5ccccc5c34)n2)cc1. The third-order valence-corrected chi connectivity index (χ3v) is 15.8. The maximum atomic E-state index is 6.88. The van der Waals surface area contributed by atoms with Gasteiger partial charge in [-0.1, -0.05) is 200 Å². The summed E-state index contributed by atoms with van der Waals surface area (Å²) in [6.07, 6.45) is 0. The van der Waals surface area contributed by atoms with E-state index >= 15 is 0 Å². The van der Waals surface area contributed by atoms with Crippen LogP contribution in [0.3, 0.4) is 0 Å². The molecule has 1 aliphatic carbocycles. The summed E-state index contributed by atoms with van der Waals surface area (Å²) in [6.45, 7) is 0. The fourth-order valence-corrected chi connectivity index (χ4v) is 12.6. The third-order valence-electron chi connectivity index (χ3n) is 15.8. The predicted octanol–water partition coefficient (Wildman–Crippen LogP) is 17.3. The highest BCUT2D eigenvalue weighted by molar-refractivity contribution is 6.20. The number of aromatic nitrogens is 5. The molecule has 0 saturated heterocycles. The van der Waals surface area contributed by atoms with Gasteiger partial charge in [-0.15, -0.1) is 0 Å². The van der Waals surface area contributed by atoms with Crippen LogP contribution >= 0.6 is 0 Å². The molecule has 6 nitrogen and oxygen atoms in total. The molecule has 16 rings (SSSR count). The summed E-state index contributed by atoms with van der Waals surface area (Å²) in [7, 11) is 0. The van der Waals surface area contributed by atoms with E-state index in [1.165, 1.54) is 44.0 Å². The molecule has 11 aromatic carbocycles. The molecule has 0 spiro atoms. The molecule has 0 fully saturated rings. The lowest BCUT2D eigenvalue weighted by atomic mass is 9.67. The average molecular weight is 970 g/mol. The number of para-hydroxylation sites is 4. The quantitative estimate of drug-likeness (QED) is 0.160. The number of rotatable bonds is 7. The van der Waals surface area contributed by atoms with Gasteiger partial charge < -0.3 is 13.6 Å². The molecule has 0 unspecified atom stereocenters. The van der Waals surface area contributed by atoms with Gasteiger partial charge in [0.05, 0.1) is 33.2 Å². The lowest BCUT2D eigenvalue weighted by Gasteiger charge is -2.33. The maximum Gasteiger partial charge on any atom is 0.164 e. The Morgan fingerprint density at radius 1 is 0.303 bits per heavy atom. The van der Waals surface area contributed by atoms with Gasteiger partial charge in [0.25, 0.3) is 0 Å². The molecule has 0 amide bonds. The molecule has 354 valence electrons. The van der Waals surface area contributed by atoms with Crippen molar-refractivity contribution in [3.63, 3.8) is 0 Å². The molecule has 76 heavy (non-hydrogen) atoms. The summed E-state index contributed by atoms with van der Waals surface area (Å²) in [5, 5.41) is 6.69. The number of nitrogens with zero attached hydrogens (tertiary/aromatic N) is 5. The number of hydrogen-bond donors (Lipinski definition) is 0. The van der Waals surface area contributed by atoms with Crippen LogP contribution in [0.5, 0.6) is 0 Å². The minimum Gasteiger partial charge on any atom is -0.456 e. The molecule has 0 saturated carbocycles. The number of furan rings is 1. The largest absolute Gasteiger partial charge is 0.456 e. The first-order valence-corrected chi connectivity index (χ1v) is 25.8. The van der Waals surface area contributed by atoms with Gasteiger partial charge >= 0.3 is 0 Å². The molecular weight excluding hydrogens is 927 g/mol. The van der Waals surface area contributed by atoms with Crippen LogP contribution < -0.4 is 0 Å². The Bertz CT molecular complexity index is 4770. The van der Waals surface area contributed by atoms with Gasteiger partial charge in [-0.05, 0) is 88.0 Å². The molecule has 0 bridgehead atoms. The molecule has 0 N–H and O–H groups in total. The van der Waals surface area contributed by atoms with Crippen molar-refractivity contribution in [2.45, 2.75) is 5.41 Å². The highest BCUT2D eigenvalue weighted by Crippen LogP contribution is 2.56. The van der Waals surface area contributed by atoms with E-state index in [4.69, 9.17) is 19.4 Å². The lowest BCUT2D eigenvalue weighted by molar-refractivity contribution is 0.668. The van der Waals surface area contributed by atoms with Crippen LogP contribution in [0.4, 0.5) is 0 Å². The van der Waals surface area contributed by atoms with Crippen LogP contribution in [0.2, 0.25) is 0 Å². The molecule has 0 aliphatic heterocycles. The van der Waals surface area contributed by atoms with Crippen LogP contribution in [0.25, 0.3) is 122 Å². The Morgan fingerprint density at radius 3 is 1.51 bits per heavy atom. The zero-order valence-electron chi connectivity index (χ0n) is 41.0. The first kappa shape index (κ1) is 42.3. The van der Waals surface area contributed by atoms with E-state index in [1.54, 1.807) is 0 Å². The van der Waals surface area contributed by atoms with Crippen molar-refractivity contribution in [2.75, 3.05) is 0 Å². The van der Waals surface area contributed by atoms with Gasteiger partial charge in [0.1, 0.15) is 11.2 Å². The first-order valence-electron chi connectivity index (χ1n) is 25.8. The lowest BCUT2D eigenvalue weighted by Crippen LogP contribution is -2.28. The van der Waals surface area contributed by atoms with Crippen LogP contribution in [0.15, 0.2) is 265 Å². The van der Waals surface area contributed by atoms with Gasteiger partial charge in [0.15, 0.2) is 17.5 Å². The zero-order chi connectivity index (χ0) is 49.9. The van der Waals surface area contributed by atoms with Crippen LogP contribution in [-0.2, 0) is 5.41 Å². The van der Waals surface area contributed by atoms with E-state index in [2.05, 4.69) is 240 Å². The van der Waals surface area contributed by atoms with E-state index in [-0.39, 0.29) is 0 Å². The van der Waals surface area contributed by atoms with Crippen LogP contribution in [0, 0.1) is 0 Å².